The van der Waals surface area contributed by atoms with Crippen LogP contribution in [0.15, 0.2) is 18.2 Å². The van der Waals surface area contributed by atoms with Crippen molar-refractivity contribution in [1.82, 2.24) is 4.90 Å². The summed E-state index contributed by atoms with van der Waals surface area (Å²) in [5.74, 6) is 2.28. The summed E-state index contributed by atoms with van der Waals surface area (Å²) in [7, 11) is 0. The summed E-state index contributed by atoms with van der Waals surface area (Å²) in [6.45, 7) is 2.34. The Hall–Kier alpha value is -0.860. The van der Waals surface area contributed by atoms with E-state index in [0.717, 1.165) is 36.3 Å². The molecule has 0 radical (unpaired) electrons. The summed E-state index contributed by atoms with van der Waals surface area (Å²) in [5, 5.41) is 0.688. The molecule has 3 atom stereocenters. The lowest BCUT2D eigenvalue weighted by Gasteiger charge is -2.44. The fourth-order valence-corrected chi connectivity index (χ4v) is 6.27. The average Bonchev–Trinajstić information content (AvgIpc) is 3.23. The van der Waals surface area contributed by atoms with E-state index in [1.165, 1.54) is 44.3 Å². The van der Waals surface area contributed by atoms with E-state index < -0.39 is 0 Å². The lowest BCUT2D eigenvalue weighted by Crippen LogP contribution is -2.48. The normalized spacial score (nSPS) is 35.2. The van der Waals surface area contributed by atoms with Crippen molar-refractivity contribution in [3.63, 3.8) is 0 Å². The molecule has 3 aliphatic carbocycles. The Balaban J connectivity index is 1.36. The van der Waals surface area contributed by atoms with Crippen LogP contribution in [0.1, 0.15) is 60.9 Å². The number of Topliss-reactive ketones (excluding diaryl/α,β-unsaturated/α-hetero) is 1. The largest absolute Gasteiger partial charge is 0.300 e. The predicted octanol–water partition coefficient (Wildman–Crippen LogP) is 4.45. The molecule has 122 valence electrons. The SMILES string of the molecule is O=C1CC2(CCN([C@@H]3C[C@@H]4CC[C@@H]3C4)CC2)c2ccc(Cl)cc21. The first kappa shape index (κ1) is 14.5. The van der Waals surface area contributed by atoms with E-state index in [9.17, 15) is 4.79 Å². The first-order chi connectivity index (χ1) is 11.1. The van der Waals surface area contributed by atoms with Crippen molar-refractivity contribution in [1.29, 1.82) is 0 Å². The Morgan fingerprint density at radius 2 is 1.96 bits per heavy atom. The topological polar surface area (TPSA) is 20.3 Å². The van der Waals surface area contributed by atoms with Gasteiger partial charge in [-0.25, -0.2) is 0 Å². The van der Waals surface area contributed by atoms with Crippen molar-refractivity contribution in [2.75, 3.05) is 13.1 Å². The monoisotopic (exact) mass is 329 g/mol. The van der Waals surface area contributed by atoms with Crippen molar-refractivity contribution < 1.29 is 4.79 Å². The highest BCUT2D eigenvalue weighted by molar-refractivity contribution is 6.31. The van der Waals surface area contributed by atoms with Crippen LogP contribution >= 0.6 is 11.6 Å². The van der Waals surface area contributed by atoms with E-state index in [-0.39, 0.29) is 5.41 Å². The molecule has 2 bridgehead atoms. The molecule has 0 unspecified atom stereocenters. The van der Waals surface area contributed by atoms with Crippen LogP contribution in [0.3, 0.4) is 0 Å². The van der Waals surface area contributed by atoms with Crippen LogP contribution in [0.2, 0.25) is 5.02 Å². The number of hydrogen-bond donors (Lipinski definition) is 0. The number of rotatable bonds is 1. The smallest absolute Gasteiger partial charge is 0.164 e. The zero-order chi connectivity index (χ0) is 15.6. The minimum absolute atomic E-state index is 0.102. The predicted molar refractivity (Wildman–Crippen MR) is 92.1 cm³/mol. The van der Waals surface area contributed by atoms with E-state index in [1.807, 2.05) is 12.1 Å². The minimum Gasteiger partial charge on any atom is -0.300 e. The van der Waals surface area contributed by atoms with Crippen molar-refractivity contribution in [2.24, 2.45) is 11.8 Å². The molecule has 0 N–H and O–H groups in total. The van der Waals surface area contributed by atoms with Gasteiger partial charge in [0.15, 0.2) is 5.78 Å². The molecule has 4 aliphatic rings. The van der Waals surface area contributed by atoms with Gasteiger partial charge < -0.3 is 4.90 Å². The molecular weight excluding hydrogens is 306 g/mol. The number of likely N-dealkylation sites (tertiary alicyclic amines) is 1. The Morgan fingerprint density at radius 3 is 2.65 bits per heavy atom. The van der Waals surface area contributed by atoms with Crippen LogP contribution in [0.5, 0.6) is 0 Å². The van der Waals surface area contributed by atoms with Crippen molar-refractivity contribution in [3.8, 4) is 0 Å². The number of halogens is 1. The van der Waals surface area contributed by atoms with Gasteiger partial charge in [0.2, 0.25) is 0 Å². The average molecular weight is 330 g/mol. The lowest BCUT2D eigenvalue weighted by atomic mass is 9.73. The summed E-state index contributed by atoms with van der Waals surface area (Å²) >= 11 is 6.10. The van der Waals surface area contributed by atoms with Crippen molar-refractivity contribution in [2.45, 2.75) is 56.4 Å². The minimum atomic E-state index is 0.102. The van der Waals surface area contributed by atoms with Crippen LogP contribution < -0.4 is 0 Å². The van der Waals surface area contributed by atoms with Gasteiger partial charge in [-0.05, 0) is 74.7 Å². The molecule has 2 saturated carbocycles. The Labute approximate surface area is 143 Å². The van der Waals surface area contributed by atoms with Gasteiger partial charge in [0.1, 0.15) is 0 Å². The van der Waals surface area contributed by atoms with Crippen molar-refractivity contribution >= 4 is 17.4 Å². The van der Waals surface area contributed by atoms with Gasteiger partial charge in [-0.3, -0.25) is 4.79 Å². The molecule has 1 aromatic carbocycles. The molecule has 3 fully saturated rings. The number of ketones is 1. The molecule has 23 heavy (non-hydrogen) atoms. The molecule has 5 rings (SSSR count). The maximum absolute atomic E-state index is 12.5. The van der Waals surface area contributed by atoms with Gasteiger partial charge in [-0.2, -0.15) is 0 Å². The fourth-order valence-electron chi connectivity index (χ4n) is 6.10. The van der Waals surface area contributed by atoms with Crippen molar-refractivity contribution in [3.05, 3.63) is 34.3 Å². The van der Waals surface area contributed by atoms with E-state index in [2.05, 4.69) is 11.0 Å². The van der Waals surface area contributed by atoms with Gasteiger partial charge >= 0.3 is 0 Å². The second kappa shape index (κ2) is 5.07. The quantitative estimate of drug-likeness (QED) is 0.758. The second-order valence-corrected chi connectivity index (χ2v) is 8.78. The summed E-state index contributed by atoms with van der Waals surface area (Å²) in [4.78, 5) is 15.2. The number of fused-ring (bicyclic) bond motifs is 4. The van der Waals surface area contributed by atoms with Crippen LogP contribution in [-0.2, 0) is 5.41 Å². The molecule has 1 saturated heterocycles. The maximum atomic E-state index is 12.5. The molecule has 3 heteroatoms. The summed E-state index contributed by atoms with van der Waals surface area (Å²) in [6.07, 6.45) is 8.82. The van der Waals surface area contributed by atoms with Crippen LogP contribution in [0.4, 0.5) is 0 Å². The molecule has 1 aromatic rings. The number of benzene rings is 1. The van der Waals surface area contributed by atoms with Gasteiger partial charge in [-0.1, -0.05) is 24.1 Å². The Bertz CT molecular complexity index is 662. The van der Waals surface area contributed by atoms with E-state index in [4.69, 9.17) is 11.6 Å². The molecular formula is C20H24ClNO. The Morgan fingerprint density at radius 1 is 1.13 bits per heavy atom. The standard InChI is InChI=1S/C20H24ClNO/c21-15-3-4-17-16(11-15)19(23)12-20(17)5-7-22(8-6-20)18-10-13-1-2-14(18)9-13/h3-4,11,13-14,18H,1-2,5-10,12H2/t13-,14-,18-/m1/s1. The number of nitrogens with zero attached hydrogens (tertiary/aromatic N) is 1. The zero-order valence-corrected chi connectivity index (χ0v) is 14.3. The summed E-state index contributed by atoms with van der Waals surface area (Å²) in [6, 6.07) is 6.81. The highest BCUT2D eigenvalue weighted by Crippen LogP contribution is 2.50. The molecule has 0 amide bonds. The third kappa shape index (κ3) is 2.14. The maximum Gasteiger partial charge on any atom is 0.164 e. The first-order valence-electron chi connectivity index (χ1n) is 9.22. The van der Waals surface area contributed by atoms with Crippen LogP contribution in [-0.4, -0.2) is 29.8 Å². The van der Waals surface area contributed by atoms with Gasteiger partial charge in [0.25, 0.3) is 0 Å². The zero-order valence-electron chi connectivity index (χ0n) is 13.6. The molecule has 1 aliphatic heterocycles. The van der Waals surface area contributed by atoms with Gasteiger partial charge in [-0.15, -0.1) is 0 Å². The number of carbonyl (C=O) groups excluding carboxylic acids is 1. The molecule has 0 aromatic heterocycles. The summed E-state index contributed by atoms with van der Waals surface area (Å²) < 4.78 is 0. The molecule has 1 spiro atoms. The number of hydrogen-bond acceptors (Lipinski definition) is 2. The van der Waals surface area contributed by atoms with Crippen LogP contribution in [0.25, 0.3) is 0 Å². The number of carbonyl (C=O) groups is 1. The second-order valence-electron chi connectivity index (χ2n) is 8.35. The number of piperidine rings is 1. The highest BCUT2D eigenvalue weighted by atomic mass is 35.5. The Kier molecular flexibility index (Phi) is 3.19. The van der Waals surface area contributed by atoms with E-state index in [0.29, 0.717) is 17.2 Å². The van der Waals surface area contributed by atoms with Gasteiger partial charge in [0.05, 0.1) is 0 Å². The lowest BCUT2D eigenvalue weighted by molar-refractivity contribution is 0.0767. The fraction of sp³-hybridized carbons (Fsp3) is 0.650. The van der Waals surface area contributed by atoms with E-state index >= 15 is 0 Å². The summed E-state index contributed by atoms with van der Waals surface area (Å²) in [5.41, 5.74) is 2.27. The van der Waals surface area contributed by atoms with E-state index in [1.54, 1.807) is 0 Å². The molecule has 1 heterocycles. The van der Waals surface area contributed by atoms with Gasteiger partial charge in [0, 0.05) is 28.5 Å². The third-order valence-corrected chi connectivity index (χ3v) is 7.51. The van der Waals surface area contributed by atoms with Crippen LogP contribution in [0, 0.1) is 11.8 Å². The molecule has 2 nitrogen and oxygen atoms in total. The third-order valence-electron chi connectivity index (χ3n) is 7.28. The highest BCUT2D eigenvalue weighted by Gasteiger charge is 2.48. The first-order valence-corrected chi connectivity index (χ1v) is 9.60.